The topological polar surface area (TPSA) is 183 Å². The quantitative estimate of drug-likeness (QED) is 0.217. The summed E-state index contributed by atoms with van der Waals surface area (Å²) in [6.07, 6.45) is 0.316. The molecule has 1 aliphatic heterocycles. The second-order valence-electron chi connectivity index (χ2n) is 13.1. The molecule has 4 atom stereocenters. The molecule has 2 rings (SSSR count). The molecule has 14 heteroatoms. The first kappa shape index (κ1) is 38.7. The van der Waals surface area contributed by atoms with E-state index in [4.69, 9.17) is 4.74 Å². The number of benzene rings is 1. The molecule has 0 aliphatic carbocycles. The van der Waals surface area contributed by atoms with E-state index in [0.717, 1.165) is 0 Å². The van der Waals surface area contributed by atoms with Gasteiger partial charge in [-0.15, -0.1) is 0 Å². The number of amides is 6. The fourth-order valence-electron chi connectivity index (χ4n) is 5.12. The third-order valence-electron chi connectivity index (χ3n) is 7.53. The van der Waals surface area contributed by atoms with Crippen molar-refractivity contribution in [1.29, 1.82) is 0 Å². The maximum atomic E-state index is 13.7. The van der Waals surface area contributed by atoms with Gasteiger partial charge in [-0.1, -0.05) is 64.4 Å². The molecule has 14 nitrogen and oxygen atoms in total. The Bertz CT molecular complexity index is 1290. The fourth-order valence-corrected chi connectivity index (χ4v) is 5.12. The minimum absolute atomic E-state index is 0.144. The van der Waals surface area contributed by atoms with Gasteiger partial charge < -0.3 is 35.8 Å². The second-order valence-corrected chi connectivity index (χ2v) is 13.1. The van der Waals surface area contributed by atoms with E-state index in [9.17, 15) is 33.6 Å². The molecule has 2 unspecified atom stereocenters. The van der Waals surface area contributed by atoms with Crippen molar-refractivity contribution in [1.82, 2.24) is 31.1 Å². The highest BCUT2D eigenvalue weighted by atomic mass is 16.6. The summed E-state index contributed by atoms with van der Waals surface area (Å²) in [5.41, 5.74) is -0.157. The van der Waals surface area contributed by atoms with Crippen molar-refractivity contribution >= 4 is 41.4 Å². The Morgan fingerprint density at radius 1 is 0.979 bits per heavy atom. The van der Waals surface area contributed by atoms with Gasteiger partial charge in [-0.25, -0.2) is 4.79 Å². The predicted octanol–water partition coefficient (Wildman–Crippen LogP) is 1.44. The van der Waals surface area contributed by atoms with Crippen molar-refractivity contribution in [2.24, 2.45) is 5.41 Å². The van der Waals surface area contributed by atoms with Crippen LogP contribution in [0.15, 0.2) is 30.3 Å². The molecule has 1 aliphatic rings. The number of hydrogen-bond acceptors (Lipinski definition) is 8. The van der Waals surface area contributed by atoms with E-state index in [1.807, 2.05) is 0 Å². The lowest BCUT2D eigenvalue weighted by atomic mass is 9.85. The van der Waals surface area contributed by atoms with Gasteiger partial charge in [0, 0.05) is 20.6 Å². The number of carbonyl (C=O) groups excluding carboxylic acids is 7. The smallest absolute Gasteiger partial charge is 0.408 e. The maximum Gasteiger partial charge on any atom is 0.408 e. The largest absolute Gasteiger partial charge is 0.447 e. The Morgan fingerprint density at radius 3 is 2.17 bits per heavy atom. The summed E-state index contributed by atoms with van der Waals surface area (Å²) in [5, 5.41) is 10.1. The number of rotatable bonds is 14. The molecular weight excluding hydrogens is 608 g/mol. The highest BCUT2D eigenvalue weighted by molar-refractivity contribution is 6.38. The molecule has 4 N–H and O–H groups in total. The average Bonchev–Trinajstić information content (AvgIpc) is 3.50. The van der Waals surface area contributed by atoms with Gasteiger partial charge in [0.25, 0.3) is 5.91 Å². The Labute approximate surface area is 276 Å². The van der Waals surface area contributed by atoms with Gasteiger partial charge in [0.1, 0.15) is 18.1 Å². The molecule has 47 heavy (non-hydrogen) atoms. The summed E-state index contributed by atoms with van der Waals surface area (Å²) in [5.74, 6) is -4.14. The number of ether oxygens (including phenoxy) is 1. The Kier molecular flexibility index (Phi) is 14.4. The zero-order valence-electron chi connectivity index (χ0n) is 28.7. The molecule has 1 saturated heterocycles. The van der Waals surface area contributed by atoms with Gasteiger partial charge >= 0.3 is 6.09 Å². The van der Waals surface area contributed by atoms with E-state index < -0.39 is 77.7 Å². The van der Waals surface area contributed by atoms with Gasteiger partial charge in [-0.2, -0.15) is 0 Å². The lowest BCUT2D eigenvalue weighted by molar-refractivity contribution is -0.144. The molecule has 260 valence electrons. The molecule has 1 fully saturated rings. The highest BCUT2D eigenvalue weighted by Gasteiger charge is 2.43. The van der Waals surface area contributed by atoms with Crippen LogP contribution in [0.25, 0.3) is 0 Å². The first-order chi connectivity index (χ1) is 22.0. The maximum absolute atomic E-state index is 13.7. The zero-order chi connectivity index (χ0) is 35.5. The van der Waals surface area contributed by atoms with Gasteiger partial charge in [-0.3, -0.25) is 28.8 Å². The highest BCUT2D eigenvalue weighted by Crippen LogP contribution is 2.26. The molecular formula is C33H50N6O8. The van der Waals surface area contributed by atoms with Crippen LogP contribution in [0, 0.1) is 5.41 Å². The number of ketones is 1. The van der Waals surface area contributed by atoms with Crippen LogP contribution in [0.1, 0.15) is 78.8 Å². The van der Waals surface area contributed by atoms with Crippen molar-refractivity contribution in [3.63, 3.8) is 0 Å². The minimum Gasteiger partial charge on any atom is -0.447 e. The summed E-state index contributed by atoms with van der Waals surface area (Å²) >= 11 is 0. The third kappa shape index (κ3) is 11.4. The van der Waals surface area contributed by atoms with Crippen molar-refractivity contribution in [3.8, 4) is 0 Å². The number of Topliss-reactive ketones (excluding diaryl/α,β-unsaturated/α-hetero) is 1. The van der Waals surface area contributed by atoms with Crippen molar-refractivity contribution in [3.05, 3.63) is 35.9 Å². The molecule has 1 aromatic rings. The summed E-state index contributed by atoms with van der Waals surface area (Å²) in [4.78, 5) is 93.6. The Hall–Kier alpha value is -4.49. The van der Waals surface area contributed by atoms with E-state index in [0.29, 0.717) is 24.8 Å². The summed E-state index contributed by atoms with van der Waals surface area (Å²) in [6, 6.07) is 4.51. The van der Waals surface area contributed by atoms with Crippen LogP contribution in [0.2, 0.25) is 0 Å². The third-order valence-corrected chi connectivity index (χ3v) is 7.53. The van der Waals surface area contributed by atoms with Crippen molar-refractivity contribution < 1.29 is 38.3 Å². The minimum atomic E-state index is -1.20. The zero-order valence-corrected chi connectivity index (χ0v) is 28.7. The van der Waals surface area contributed by atoms with Crippen LogP contribution in [0.5, 0.6) is 0 Å². The van der Waals surface area contributed by atoms with E-state index in [1.165, 1.54) is 9.80 Å². The predicted molar refractivity (Wildman–Crippen MR) is 174 cm³/mol. The Morgan fingerprint density at radius 2 is 1.62 bits per heavy atom. The number of likely N-dealkylation sites (N-methyl/N-ethyl adjacent to an activating group) is 1. The van der Waals surface area contributed by atoms with Gasteiger partial charge in [0.2, 0.25) is 29.4 Å². The average molecular weight is 659 g/mol. The fraction of sp³-hybridized carbons (Fsp3) is 0.606. The second kappa shape index (κ2) is 17.4. The number of nitrogens with zero attached hydrogens (tertiary/aromatic N) is 2. The van der Waals surface area contributed by atoms with E-state index in [1.54, 1.807) is 86.0 Å². The van der Waals surface area contributed by atoms with Crippen LogP contribution >= 0.6 is 0 Å². The number of likely N-dealkylation sites (tertiary alicyclic amines) is 1. The van der Waals surface area contributed by atoms with E-state index in [-0.39, 0.29) is 18.9 Å². The lowest BCUT2D eigenvalue weighted by Gasteiger charge is -2.35. The summed E-state index contributed by atoms with van der Waals surface area (Å²) in [6.45, 7) is 10.2. The SMILES string of the molecule is CCCC(NC(=O)[C@@H]1CCCN1C(=O)C(NC(=O)OC(C)C)C(C)(C)C)C(=O)C(=O)NCC(=O)N[C@H](C(=O)N(C)C)c1ccccc1. The van der Waals surface area contributed by atoms with E-state index in [2.05, 4.69) is 21.3 Å². The van der Waals surface area contributed by atoms with Gasteiger partial charge in [0.15, 0.2) is 0 Å². The monoisotopic (exact) mass is 658 g/mol. The summed E-state index contributed by atoms with van der Waals surface area (Å²) < 4.78 is 5.17. The number of nitrogens with one attached hydrogen (secondary N) is 4. The first-order valence-corrected chi connectivity index (χ1v) is 15.9. The molecule has 0 aromatic heterocycles. The summed E-state index contributed by atoms with van der Waals surface area (Å²) in [7, 11) is 3.11. The van der Waals surface area contributed by atoms with Crippen molar-refractivity contribution in [2.45, 2.75) is 97.5 Å². The normalized spacial score (nSPS) is 16.4. The van der Waals surface area contributed by atoms with Crippen LogP contribution in [-0.4, -0.2) is 103 Å². The molecule has 1 heterocycles. The first-order valence-electron chi connectivity index (χ1n) is 15.9. The molecule has 0 radical (unpaired) electrons. The molecule has 0 spiro atoms. The van der Waals surface area contributed by atoms with Crippen molar-refractivity contribution in [2.75, 3.05) is 27.2 Å². The molecule has 6 amide bonds. The molecule has 1 aromatic carbocycles. The molecule has 0 bridgehead atoms. The Balaban J connectivity index is 2.08. The number of hydrogen-bond donors (Lipinski definition) is 4. The molecule has 0 saturated carbocycles. The number of alkyl carbamates (subject to hydrolysis) is 1. The van der Waals surface area contributed by atoms with E-state index >= 15 is 0 Å². The van der Waals surface area contributed by atoms with Crippen LogP contribution in [0.4, 0.5) is 4.79 Å². The van der Waals surface area contributed by atoms with Crippen LogP contribution in [-0.2, 0) is 33.5 Å². The number of carbonyl (C=O) groups is 7. The standard InChI is InChI=1S/C33H50N6O8/c1-9-14-22(26(41)29(43)34-19-24(40)36-25(30(44)38(7)8)21-15-11-10-12-16-21)35-28(42)23-17-13-18-39(23)31(45)27(33(4,5)6)37-32(46)47-20(2)3/h10-12,15-16,20,22-23,25,27H,9,13-14,17-19H2,1-8H3,(H,34,43)(H,35,42)(H,36,40)(H,37,46)/t22?,23-,25-,27?/m0/s1. The lowest BCUT2D eigenvalue weighted by Crippen LogP contribution is -2.59. The van der Waals surface area contributed by atoms with Gasteiger partial charge in [0.05, 0.1) is 18.7 Å². The van der Waals surface area contributed by atoms with Crippen LogP contribution in [0.3, 0.4) is 0 Å². The van der Waals surface area contributed by atoms with Crippen LogP contribution < -0.4 is 21.3 Å². The van der Waals surface area contributed by atoms with Gasteiger partial charge in [-0.05, 0) is 44.1 Å².